The highest BCUT2D eigenvalue weighted by Crippen LogP contribution is 2.36. The number of carbonyl (C=O) groups excluding carboxylic acids is 2. The van der Waals surface area contributed by atoms with Crippen LogP contribution in [0.1, 0.15) is 24.7 Å². The quantitative estimate of drug-likeness (QED) is 0.801. The summed E-state index contributed by atoms with van der Waals surface area (Å²) in [6.07, 6.45) is -3.02. The molecule has 9 heteroatoms. The first-order chi connectivity index (χ1) is 12.2. The molecule has 0 fully saturated rings. The van der Waals surface area contributed by atoms with E-state index < -0.39 is 22.7 Å². The van der Waals surface area contributed by atoms with Gasteiger partial charge in [-0.05, 0) is 30.3 Å². The number of nitrogens with one attached hydrogen (secondary N) is 1. The van der Waals surface area contributed by atoms with E-state index in [1.807, 2.05) is 0 Å². The van der Waals surface area contributed by atoms with Gasteiger partial charge in [-0.15, -0.1) is 0 Å². The van der Waals surface area contributed by atoms with Crippen molar-refractivity contribution in [3.63, 3.8) is 0 Å². The number of furan rings is 1. The van der Waals surface area contributed by atoms with Crippen molar-refractivity contribution in [3.8, 4) is 0 Å². The third-order valence-electron chi connectivity index (χ3n) is 3.47. The molecule has 0 atom stereocenters. The van der Waals surface area contributed by atoms with Crippen molar-refractivity contribution in [1.29, 1.82) is 0 Å². The first-order valence-electron chi connectivity index (χ1n) is 7.67. The van der Waals surface area contributed by atoms with E-state index in [9.17, 15) is 22.8 Å². The highest BCUT2D eigenvalue weighted by atomic mass is 35.5. The van der Waals surface area contributed by atoms with Gasteiger partial charge in [-0.25, -0.2) is 0 Å². The Morgan fingerprint density at radius 3 is 2.58 bits per heavy atom. The SMILES string of the molecule is CCC(=O)N(CC(=O)Nc1ccc(Cl)c(C(F)(F)F)c1)Cc1ccco1. The average molecular weight is 389 g/mol. The Bertz CT molecular complexity index is 776. The van der Waals surface area contributed by atoms with Crippen LogP contribution in [0.15, 0.2) is 41.0 Å². The summed E-state index contributed by atoms with van der Waals surface area (Å²) < 4.78 is 43.8. The van der Waals surface area contributed by atoms with Crippen LogP contribution in [0, 0.1) is 0 Å². The van der Waals surface area contributed by atoms with Crippen molar-refractivity contribution in [2.24, 2.45) is 0 Å². The zero-order chi connectivity index (χ0) is 19.3. The van der Waals surface area contributed by atoms with E-state index in [2.05, 4.69) is 5.32 Å². The molecule has 1 aromatic carbocycles. The molecule has 0 bridgehead atoms. The molecule has 5 nitrogen and oxygen atoms in total. The maximum Gasteiger partial charge on any atom is 0.417 e. The largest absolute Gasteiger partial charge is 0.467 e. The van der Waals surface area contributed by atoms with Gasteiger partial charge in [0.25, 0.3) is 0 Å². The minimum atomic E-state index is -4.64. The predicted molar refractivity (Wildman–Crippen MR) is 89.5 cm³/mol. The van der Waals surface area contributed by atoms with E-state index in [0.29, 0.717) is 5.76 Å². The van der Waals surface area contributed by atoms with Crippen LogP contribution in [-0.2, 0) is 22.3 Å². The van der Waals surface area contributed by atoms with Crippen molar-refractivity contribution < 1.29 is 27.2 Å². The van der Waals surface area contributed by atoms with E-state index in [-0.39, 0.29) is 31.1 Å². The van der Waals surface area contributed by atoms with Crippen LogP contribution in [0.2, 0.25) is 5.02 Å². The minimum Gasteiger partial charge on any atom is -0.467 e. The molecule has 26 heavy (non-hydrogen) atoms. The number of benzene rings is 1. The predicted octanol–water partition coefficient (Wildman–Crippen LogP) is 4.33. The maximum absolute atomic E-state index is 12.9. The monoisotopic (exact) mass is 388 g/mol. The molecule has 0 saturated heterocycles. The molecule has 0 spiro atoms. The van der Waals surface area contributed by atoms with E-state index in [4.69, 9.17) is 16.0 Å². The summed E-state index contributed by atoms with van der Waals surface area (Å²) in [5.41, 5.74) is -1.11. The molecule has 0 saturated carbocycles. The second kappa shape index (κ2) is 8.27. The first kappa shape index (κ1) is 19.8. The Kier molecular flexibility index (Phi) is 6.31. The lowest BCUT2D eigenvalue weighted by Gasteiger charge is -2.21. The Labute approximate surface area is 152 Å². The normalized spacial score (nSPS) is 11.3. The van der Waals surface area contributed by atoms with Crippen LogP contribution >= 0.6 is 11.6 Å². The molecule has 0 unspecified atom stereocenters. The van der Waals surface area contributed by atoms with Crippen LogP contribution in [0.25, 0.3) is 0 Å². The smallest absolute Gasteiger partial charge is 0.417 e. The van der Waals surface area contributed by atoms with Crippen LogP contribution in [0.3, 0.4) is 0 Å². The summed E-state index contributed by atoms with van der Waals surface area (Å²) in [4.78, 5) is 25.4. The van der Waals surface area contributed by atoms with Crippen LogP contribution in [0.4, 0.5) is 18.9 Å². The number of carbonyl (C=O) groups is 2. The number of anilines is 1. The number of halogens is 4. The van der Waals surface area contributed by atoms with Crippen molar-refractivity contribution in [3.05, 3.63) is 52.9 Å². The van der Waals surface area contributed by atoms with Gasteiger partial charge in [0.05, 0.1) is 23.4 Å². The van der Waals surface area contributed by atoms with Gasteiger partial charge in [0.1, 0.15) is 12.3 Å². The molecule has 140 valence electrons. The second-order valence-electron chi connectivity index (χ2n) is 5.42. The summed E-state index contributed by atoms with van der Waals surface area (Å²) in [6, 6.07) is 6.36. The van der Waals surface area contributed by atoms with E-state index in [1.54, 1.807) is 19.1 Å². The van der Waals surface area contributed by atoms with E-state index >= 15 is 0 Å². The number of hydrogen-bond donors (Lipinski definition) is 1. The Morgan fingerprint density at radius 2 is 2.00 bits per heavy atom. The van der Waals surface area contributed by atoms with Crippen LogP contribution in [-0.4, -0.2) is 23.3 Å². The molecular weight excluding hydrogens is 373 g/mol. The third-order valence-corrected chi connectivity index (χ3v) is 3.80. The molecule has 2 rings (SSSR count). The fourth-order valence-corrected chi connectivity index (χ4v) is 2.47. The molecule has 1 aromatic heterocycles. The summed E-state index contributed by atoms with van der Waals surface area (Å²) in [7, 11) is 0. The Balaban J connectivity index is 2.09. The Hall–Kier alpha value is -2.48. The third kappa shape index (κ3) is 5.26. The summed E-state index contributed by atoms with van der Waals surface area (Å²) in [6.45, 7) is 1.41. The van der Waals surface area contributed by atoms with Gasteiger partial charge in [-0.1, -0.05) is 18.5 Å². The van der Waals surface area contributed by atoms with E-state index in [1.165, 1.54) is 17.2 Å². The summed E-state index contributed by atoms with van der Waals surface area (Å²) >= 11 is 5.55. The molecule has 1 N–H and O–H groups in total. The zero-order valence-corrected chi connectivity index (χ0v) is 14.5. The van der Waals surface area contributed by atoms with E-state index in [0.717, 1.165) is 12.1 Å². The fourth-order valence-electron chi connectivity index (χ4n) is 2.24. The van der Waals surface area contributed by atoms with Gasteiger partial charge in [0.15, 0.2) is 0 Å². The number of nitrogens with zero attached hydrogens (tertiary/aromatic N) is 1. The van der Waals surface area contributed by atoms with Crippen LogP contribution < -0.4 is 5.32 Å². The standard InChI is InChI=1S/C17H16ClF3N2O3/c1-2-16(25)23(9-12-4-3-7-26-12)10-15(24)22-11-5-6-14(18)13(8-11)17(19,20)21/h3-8H,2,9-10H2,1H3,(H,22,24). The number of rotatable bonds is 6. The molecule has 2 aromatic rings. The molecule has 0 aliphatic carbocycles. The number of amides is 2. The van der Waals surface area contributed by atoms with Crippen molar-refractivity contribution >= 4 is 29.1 Å². The lowest BCUT2D eigenvalue weighted by Crippen LogP contribution is -2.37. The topological polar surface area (TPSA) is 62.6 Å². The van der Waals surface area contributed by atoms with Crippen LogP contribution in [0.5, 0.6) is 0 Å². The molecule has 1 heterocycles. The molecule has 0 radical (unpaired) electrons. The lowest BCUT2D eigenvalue weighted by molar-refractivity contribution is -0.137. The first-order valence-corrected chi connectivity index (χ1v) is 8.05. The van der Waals surface area contributed by atoms with Crippen molar-refractivity contribution in [2.75, 3.05) is 11.9 Å². The highest BCUT2D eigenvalue weighted by molar-refractivity contribution is 6.31. The van der Waals surface area contributed by atoms with Gasteiger partial charge in [0.2, 0.25) is 11.8 Å². The number of hydrogen-bond acceptors (Lipinski definition) is 3. The van der Waals surface area contributed by atoms with Gasteiger partial charge < -0.3 is 14.6 Å². The van der Waals surface area contributed by atoms with Gasteiger partial charge in [-0.2, -0.15) is 13.2 Å². The van der Waals surface area contributed by atoms with Gasteiger partial charge >= 0.3 is 6.18 Å². The fraction of sp³-hybridized carbons (Fsp3) is 0.294. The second-order valence-corrected chi connectivity index (χ2v) is 5.83. The summed E-state index contributed by atoms with van der Waals surface area (Å²) in [5, 5.41) is 1.89. The Morgan fingerprint density at radius 1 is 1.27 bits per heavy atom. The highest BCUT2D eigenvalue weighted by Gasteiger charge is 2.33. The average Bonchev–Trinajstić information content (AvgIpc) is 3.07. The lowest BCUT2D eigenvalue weighted by atomic mass is 10.2. The zero-order valence-electron chi connectivity index (χ0n) is 13.8. The molecular formula is C17H16ClF3N2O3. The summed E-state index contributed by atoms with van der Waals surface area (Å²) in [5.74, 6) is -0.428. The number of alkyl halides is 3. The maximum atomic E-state index is 12.9. The molecule has 0 aliphatic rings. The van der Waals surface area contributed by atoms with Gasteiger partial charge in [-0.3, -0.25) is 9.59 Å². The minimum absolute atomic E-state index is 0.0615. The van der Waals surface area contributed by atoms with Crippen molar-refractivity contribution in [2.45, 2.75) is 26.1 Å². The molecule has 2 amide bonds. The van der Waals surface area contributed by atoms with Crippen molar-refractivity contribution in [1.82, 2.24) is 4.90 Å². The molecule has 0 aliphatic heterocycles. The van der Waals surface area contributed by atoms with Gasteiger partial charge in [0, 0.05) is 12.1 Å².